The van der Waals surface area contributed by atoms with Crippen LogP contribution < -0.4 is 0 Å². The van der Waals surface area contributed by atoms with Gasteiger partial charge in [0.1, 0.15) is 12.4 Å². The molecular formula is C10H15N5. The zero-order valence-electron chi connectivity index (χ0n) is 8.76. The fourth-order valence-corrected chi connectivity index (χ4v) is 1.88. The van der Waals surface area contributed by atoms with E-state index >= 15 is 0 Å². The Kier molecular flexibility index (Phi) is 3.30. The monoisotopic (exact) mass is 205 g/mol. The molecule has 2 rings (SSSR count). The van der Waals surface area contributed by atoms with Gasteiger partial charge in [0.2, 0.25) is 0 Å². The van der Waals surface area contributed by atoms with E-state index in [9.17, 15) is 0 Å². The zero-order chi connectivity index (χ0) is 10.5. The smallest absolute Gasteiger partial charge is 0.252 e. The van der Waals surface area contributed by atoms with Gasteiger partial charge >= 0.3 is 0 Å². The van der Waals surface area contributed by atoms with Crippen LogP contribution in [0, 0.1) is 11.3 Å². The molecule has 0 bridgehead atoms. The summed E-state index contributed by atoms with van der Waals surface area (Å²) in [5.74, 6) is 0.258. The molecule has 0 radical (unpaired) electrons. The van der Waals surface area contributed by atoms with Crippen molar-refractivity contribution in [2.45, 2.75) is 25.8 Å². The molecule has 1 aliphatic heterocycles. The maximum absolute atomic E-state index is 8.57. The summed E-state index contributed by atoms with van der Waals surface area (Å²) in [6.45, 7) is 4.22. The number of nitriles is 1. The van der Waals surface area contributed by atoms with Crippen molar-refractivity contribution < 1.29 is 0 Å². The summed E-state index contributed by atoms with van der Waals surface area (Å²) in [6.07, 6.45) is 5.60. The first-order valence-corrected chi connectivity index (χ1v) is 5.40. The molecule has 0 unspecified atom stereocenters. The highest BCUT2D eigenvalue weighted by Gasteiger charge is 2.09. The summed E-state index contributed by atoms with van der Waals surface area (Å²) in [4.78, 5) is 6.31. The standard InChI is InChI=1S/C10H15N5/c11-8-10-12-9-15(13-10)7-6-14-4-2-1-3-5-14/h9H,1-7H2. The van der Waals surface area contributed by atoms with Gasteiger partial charge in [0.15, 0.2) is 0 Å². The van der Waals surface area contributed by atoms with Crippen LogP contribution in [0.5, 0.6) is 0 Å². The van der Waals surface area contributed by atoms with Gasteiger partial charge in [-0.25, -0.2) is 4.98 Å². The Labute approximate surface area is 89.3 Å². The topological polar surface area (TPSA) is 57.7 Å². The van der Waals surface area contributed by atoms with Crippen molar-refractivity contribution in [1.82, 2.24) is 19.7 Å². The van der Waals surface area contributed by atoms with Gasteiger partial charge in [0.25, 0.3) is 5.82 Å². The Morgan fingerprint density at radius 3 is 2.73 bits per heavy atom. The van der Waals surface area contributed by atoms with Crippen molar-refractivity contribution in [3.63, 3.8) is 0 Å². The van der Waals surface area contributed by atoms with Gasteiger partial charge in [0.05, 0.1) is 6.54 Å². The maximum atomic E-state index is 8.57. The molecule has 0 aromatic carbocycles. The Balaban J connectivity index is 1.79. The van der Waals surface area contributed by atoms with Crippen LogP contribution in [0.4, 0.5) is 0 Å². The van der Waals surface area contributed by atoms with Crippen LogP contribution in [0.15, 0.2) is 6.33 Å². The predicted molar refractivity (Wildman–Crippen MR) is 55.0 cm³/mol. The number of hydrogen-bond acceptors (Lipinski definition) is 4. The first-order valence-electron chi connectivity index (χ1n) is 5.40. The van der Waals surface area contributed by atoms with Gasteiger partial charge in [0, 0.05) is 6.54 Å². The number of aromatic nitrogens is 3. The van der Waals surface area contributed by atoms with E-state index in [-0.39, 0.29) is 5.82 Å². The second-order valence-corrected chi connectivity index (χ2v) is 3.85. The summed E-state index contributed by atoms with van der Waals surface area (Å²) in [5.41, 5.74) is 0. The van der Waals surface area contributed by atoms with E-state index in [0.717, 1.165) is 13.1 Å². The van der Waals surface area contributed by atoms with Crippen LogP contribution in [0.1, 0.15) is 25.1 Å². The lowest BCUT2D eigenvalue weighted by molar-refractivity contribution is 0.218. The predicted octanol–water partition coefficient (Wildman–Crippen LogP) is 0.636. The number of nitrogens with zero attached hydrogens (tertiary/aromatic N) is 5. The van der Waals surface area contributed by atoms with Crippen molar-refractivity contribution in [2.24, 2.45) is 0 Å². The van der Waals surface area contributed by atoms with Gasteiger partial charge in [-0.3, -0.25) is 4.68 Å². The lowest BCUT2D eigenvalue weighted by Crippen LogP contribution is -2.32. The Morgan fingerprint density at radius 2 is 2.07 bits per heavy atom. The fourth-order valence-electron chi connectivity index (χ4n) is 1.88. The maximum Gasteiger partial charge on any atom is 0.252 e. The van der Waals surface area contributed by atoms with Gasteiger partial charge in [-0.15, -0.1) is 5.10 Å². The third-order valence-corrected chi connectivity index (χ3v) is 2.73. The molecule has 0 atom stereocenters. The molecule has 0 aliphatic carbocycles. The van der Waals surface area contributed by atoms with Crippen molar-refractivity contribution in [3.05, 3.63) is 12.2 Å². The molecule has 0 N–H and O–H groups in total. The molecule has 5 heteroatoms. The molecule has 80 valence electrons. The molecule has 1 fully saturated rings. The molecule has 15 heavy (non-hydrogen) atoms. The summed E-state index contributed by atoms with van der Waals surface area (Å²) in [7, 11) is 0. The average molecular weight is 205 g/mol. The molecule has 0 amide bonds. The van der Waals surface area contributed by atoms with Gasteiger partial charge < -0.3 is 4.90 Å². The number of likely N-dealkylation sites (tertiary alicyclic amines) is 1. The van der Waals surface area contributed by atoms with Crippen LogP contribution in [-0.2, 0) is 6.54 Å². The second-order valence-electron chi connectivity index (χ2n) is 3.85. The highest BCUT2D eigenvalue weighted by molar-refractivity contribution is 5.05. The van der Waals surface area contributed by atoms with Crippen molar-refractivity contribution in [3.8, 4) is 6.07 Å². The third kappa shape index (κ3) is 2.77. The van der Waals surface area contributed by atoms with E-state index in [2.05, 4.69) is 15.0 Å². The van der Waals surface area contributed by atoms with Crippen LogP contribution in [0.2, 0.25) is 0 Å². The largest absolute Gasteiger partial charge is 0.301 e. The molecule has 1 saturated heterocycles. The summed E-state index contributed by atoms with van der Waals surface area (Å²) < 4.78 is 1.74. The average Bonchev–Trinajstić information content (AvgIpc) is 2.76. The minimum atomic E-state index is 0.258. The third-order valence-electron chi connectivity index (χ3n) is 2.73. The van der Waals surface area contributed by atoms with E-state index in [4.69, 9.17) is 5.26 Å². The Morgan fingerprint density at radius 1 is 1.27 bits per heavy atom. The van der Waals surface area contributed by atoms with E-state index in [1.807, 2.05) is 6.07 Å². The quantitative estimate of drug-likeness (QED) is 0.726. The van der Waals surface area contributed by atoms with Gasteiger partial charge in [-0.1, -0.05) is 6.42 Å². The number of piperidine rings is 1. The fraction of sp³-hybridized carbons (Fsp3) is 0.700. The van der Waals surface area contributed by atoms with Gasteiger partial charge in [-0.2, -0.15) is 5.26 Å². The minimum Gasteiger partial charge on any atom is -0.301 e. The van der Waals surface area contributed by atoms with E-state index in [1.54, 1.807) is 11.0 Å². The van der Waals surface area contributed by atoms with Crippen LogP contribution >= 0.6 is 0 Å². The summed E-state index contributed by atoms with van der Waals surface area (Å²) in [6, 6.07) is 1.93. The molecule has 1 aromatic rings. The Bertz CT molecular complexity index is 345. The first kappa shape index (κ1) is 10.1. The van der Waals surface area contributed by atoms with Crippen molar-refractivity contribution >= 4 is 0 Å². The molecule has 0 saturated carbocycles. The molecule has 1 aromatic heterocycles. The highest BCUT2D eigenvalue weighted by Crippen LogP contribution is 2.07. The molecule has 2 heterocycles. The summed E-state index contributed by atoms with van der Waals surface area (Å²) in [5, 5.41) is 12.6. The minimum absolute atomic E-state index is 0.258. The van der Waals surface area contributed by atoms with Crippen LogP contribution in [-0.4, -0.2) is 39.3 Å². The second kappa shape index (κ2) is 4.89. The molecule has 5 nitrogen and oxygen atoms in total. The molecular weight excluding hydrogens is 190 g/mol. The van der Waals surface area contributed by atoms with E-state index in [0.29, 0.717) is 0 Å². The van der Waals surface area contributed by atoms with E-state index in [1.165, 1.54) is 32.4 Å². The normalized spacial score (nSPS) is 17.5. The van der Waals surface area contributed by atoms with Crippen molar-refractivity contribution in [1.29, 1.82) is 5.26 Å². The Hall–Kier alpha value is -1.41. The van der Waals surface area contributed by atoms with Crippen LogP contribution in [0.25, 0.3) is 0 Å². The van der Waals surface area contributed by atoms with Crippen molar-refractivity contribution in [2.75, 3.05) is 19.6 Å². The lowest BCUT2D eigenvalue weighted by Gasteiger charge is -2.25. The lowest BCUT2D eigenvalue weighted by atomic mass is 10.1. The zero-order valence-corrected chi connectivity index (χ0v) is 8.76. The van der Waals surface area contributed by atoms with E-state index < -0.39 is 0 Å². The SMILES string of the molecule is N#Cc1ncn(CCN2CCCCC2)n1. The highest BCUT2D eigenvalue weighted by atomic mass is 15.3. The number of hydrogen-bond donors (Lipinski definition) is 0. The molecule has 1 aliphatic rings. The summed E-state index contributed by atoms with van der Waals surface area (Å²) >= 11 is 0. The van der Waals surface area contributed by atoms with Crippen LogP contribution in [0.3, 0.4) is 0 Å². The van der Waals surface area contributed by atoms with Gasteiger partial charge in [-0.05, 0) is 25.9 Å². The number of rotatable bonds is 3. The first-order chi connectivity index (χ1) is 7.38. The molecule has 0 spiro atoms.